The number of carbonyl (C=O) groups excluding carboxylic acids is 1. The molecule has 8 heteroatoms. The number of hydrogen-bond acceptors (Lipinski definition) is 3. The molecule has 1 atom stereocenters. The number of halogens is 3. The molecule has 1 aliphatic heterocycles. The third-order valence-electron chi connectivity index (χ3n) is 5.18. The van der Waals surface area contributed by atoms with Crippen molar-refractivity contribution in [2.24, 2.45) is 0 Å². The lowest BCUT2D eigenvalue weighted by Gasteiger charge is -2.36. The van der Waals surface area contributed by atoms with Crippen LogP contribution in [0, 0.1) is 6.92 Å². The van der Waals surface area contributed by atoms with Gasteiger partial charge in [0.05, 0.1) is 5.69 Å². The zero-order chi connectivity index (χ0) is 19.8. The lowest BCUT2D eigenvalue weighted by atomic mass is 9.92. The summed E-state index contributed by atoms with van der Waals surface area (Å²) in [4.78, 5) is 13.2. The second kappa shape index (κ2) is 6.99. The minimum absolute atomic E-state index is 0.0759. The van der Waals surface area contributed by atoms with Gasteiger partial charge in [-0.15, -0.1) is 0 Å². The molecular formula is C19H22F3N3O2. The highest BCUT2D eigenvalue weighted by molar-refractivity contribution is 5.85. The van der Waals surface area contributed by atoms with Crippen molar-refractivity contribution >= 4 is 5.91 Å². The number of amides is 1. The lowest BCUT2D eigenvalue weighted by Crippen LogP contribution is -2.57. The Morgan fingerprint density at radius 3 is 2.41 bits per heavy atom. The molecule has 0 unspecified atom stereocenters. The summed E-state index contributed by atoms with van der Waals surface area (Å²) in [7, 11) is 0. The Hall–Kier alpha value is -2.35. The molecule has 3 rings (SSSR count). The second-order valence-electron chi connectivity index (χ2n) is 7.09. The molecular weight excluding hydrogens is 359 g/mol. The van der Waals surface area contributed by atoms with E-state index in [0.717, 1.165) is 21.8 Å². The van der Waals surface area contributed by atoms with Crippen LogP contribution in [0.15, 0.2) is 36.5 Å². The van der Waals surface area contributed by atoms with E-state index >= 15 is 0 Å². The molecule has 5 nitrogen and oxygen atoms in total. The predicted octanol–water partition coefficient (Wildman–Crippen LogP) is 3.20. The van der Waals surface area contributed by atoms with Crippen LogP contribution in [0.2, 0.25) is 0 Å². The molecule has 0 saturated carbocycles. The summed E-state index contributed by atoms with van der Waals surface area (Å²) >= 11 is 0. The molecule has 1 saturated heterocycles. The van der Waals surface area contributed by atoms with Gasteiger partial charge in [0.25, 0.3) is 5.91 Å². The average molecular weight is 381 g/mol. The molecule has 1 N–H and O–H groups in total. The first-order valence-corrected chi connectivity index (χ1v) is 8.81. The fraction of sp³-hybridized carbons (Fsp3) is 0.474. The number of aromatic nitrogens is 2. The van der Waals surface area contributed by atoms with E-state index in [9.17, 15) is 23.1 Å². The van der Waals surface area contributed by atoms with Gasteiger partial charge in [-0.1, -0.05) is 18.2 Å². The molecule has 146 valence electrons. The van der Waals surface area contributed by atoms with Crippen molar-refractivity contribution in [3.63, 3.8) is 0 Å². The molecule has 0 bridgehead atoms. The number of para-hydroxylation sites is 1. The number of rotatable bonds is 3. The van der Waals surface area contributed by atoms with E-state index < -0.39 is 17.7 Å². The maximum atomic E-state index is 12.9. The highest BCUT2D eigenvalue weighted by Crippen LogP contribution is 2.35. The van der Waals surface area contributed by atoms with Crippen molar-refractivity contribution in [1.82, 2.24) is 14.7 Å². The van der Waals surface area contributed by atoms with Crippen molar-refractivity contribution in [3.8, 4) is 5.69 Å². The van der Waals surface area contributed by atoms with Gasteiger partial charge < -0.3 is 10.0 Å². The fourth-order valence-corrected chi connectivity index (χ4v) is 3.43. The minimum atomic E-state index is -5.00. The Bertz CT molecular complexity index is 822. The first kappa shape index (κ1) is 19.4. The Labute approximate surface area is 155 Å². The van der Waals surface area contributed by atoms with Crippen molar-refractivity contribution in [3.05, 3.63) is 47.8 Å². The van der Waals surface area contributed by atoms with E-state index in [2.05, 4.69) is 5.10 Å². The van der Waals surface area contributed by atoms with E-state index in [0.29, 0.717) is 19.8 Å². The predicted molar refractivity (Wildman–Crippen MR) is 93.5 cm³/mol. The van der Waals surface area contributed by atoms with Gasteiger partial charge >= 0.3 is 6.18 Å². The van der Waals surface area contributed by atoms with Gasteiger partial charge in [0.1, 0.15) is 0 Å². The van der Waals surface area contributed by atoms with Crippen LogP contribution in [0.5, 0.6) is 0 Å². The molecule has 0 aliphatic carbocycles. The van der Waals surface area contributed by atoms with Crippen LogP contribution < -0.4 is 0 Å². The largest absolute Gasteiger partial charge is 0.426 e. The molecule has 1 aliphatic rings. The minimum Gasteiger partial charge on any atom is -0.373 e. The van der Waals surface area contributed by atoms with Crippen LogP contribution in [0.4, 0.5) is 13.2 Å². The van der Waals surface area contributed by atoms with Gasteiger partial charge in [0.15, 0.2) is 0 Å². The molecule has 1 fully saturated rings. The summed E-state index contributed by atoms with van der Waals surface area (Å²) in [5.41, 5.74) is -0.366. The van der Waals surface area contributed by atoms with Gasteiger partial charge in [-0.05, 0) is 44.4 Å². The SMILES string of the molecule is Cc1ccccc1-n1nccc1C1CCN(C(=O)[C@@](C)(O)C(F)(F)F)CC1. The Balaban J connectivity index is 1.74. The number of hydrogen-bond donors (Lipinski definition) is 1. The van der Waals surface area contributed by atoms with Gasteiger partial charge in [-0.25, -0.2) is 4.68 Å². The molecule has 0 spiro atoms. The molecule has 27 heavy (non-hydrogen) atoms. The summed E-state index contributed by atoms with van der Waals surface area (Å²) in [6.45, 7) is 2.82. The quantitative estimate of drug-likeness (QED) is 0.888. The third-order valence-corrected chi connectivity index (χ3v) is 5.18. The lowest BCUT2D eigenvalue weighted by molar-refractivity contribution is -0.250. The van der Waals surface area contributed by atoms with Crippen molar-refractivity contribution < 1.29 is 23.1 Å². The fourth-order valence-electron chi connectivity index (χ4n) is 3.43. The van der Waals surface area contributed by atoms with Crippen LogP contribution in [0.1, 0.15) is 36.9 Å². The first-order chi connectivity index (χ1) is 12.6. The number of aliphatic hydroxyl groups is 1. The average Bonchev–Trinajstić information content (AvgIpc) is 3.10. The van der Waals surface area contributed by atoms with Crippen molar-refractivity contribution in [1.29, 1.82) is 0 Å². The van der Waals surface area contributed by atoms with Crippen LogP contribution in [0.3, 0.4) is 0 Å². The number of alkyl halides is 3. The van der Waals surface area contributed by atoms with Crippen LogP contribution in [0.25, 0.3) is 5.69 Å². The third kappa shape index (κ3) is 3.58. The van der Waals surface area contributed by atoms with Crippen molar-refractivity contribution in [2.75, 3.05) is 13.1 Å². The highest BCUT2D eigenvalue weighted by atomic mass is 19.4. The number of likely N-dealkylation sites (tertiary alicyclic amines) is 1. The van der Waals surface area contributed by atoms with Gasteiger partial charge in [0, 0.05) is 30.9 Å². The Morgan fingerprint density at radius 1 is 1.19 bits per heavy atom. The maximum absolute atomic E-state index is 12.9. The zero-order valence-corrected chi connectivity index (χ0v) is 15.2. The van der Waals surface area contributed by atoms with Crippen LogP contribution in [-0.4, -0.2) is 50.6 Å². The number of carbonyl (C=O) groups is 1. The van der Waals surface area contributed by atoms with Gasteiger partial charge in [-0.2, -0.15) is 18.3 Å². The van der Waals surface area contributed by atoms with Crippen LogP contribution in [-0.2, 0) is 4.79 Å². The van der Waals surface area contributed by atoms with E-state index in [4.69, 9.17) is 0 Å². The number of piperidine rings is 1. The van der Waals surface area contributed by atoms with Gasteiger partial charge in [-0.3, -0.25) is 4.79 Å². The molecule has 1 aromatic heterocycles. The van der Waals surface area contributed by atoms with Gasteiger partial charge in [0.2, 0.25) is 5.60 Å². The summed E-state index contributed by atoms with van der Waals surface area (Å²) in [6, 6.07) is 9.72. The summed E-state index contributed by atoms with van der Waals surface area (Å²) in [5.74, 6) is -1.21. The summed E-state index contributed by atoms with van der Waals surface area (Å²) in [5, 5.41) is 14.0. The zero-order valence-electron chi connectivity index (χ0n) is 15.2. The molecule has 1 amide bonds. The normalized spacial score (nSPS) is 18.4. The van der Waals surface area contributed by atoms with E-state index in [1.807, 2.05) is 41.9 Å². The highest BCUT2D eigenvalue weighted by Gasteiger charge is 2.57. The van der Waals surface area contributed by atoms with Crippen LogP contribution >= 0.6 is 0 Å². The molecule has 0 radical (unpaired) electrons. The monoisotopic (exact) mass is 381 g/mol. The number of benzene rings is 1. The number of nitrogens with zero attached hydrogens (tertiary/aromatic N) is 3. The Kier molecular flexibility index (Phi) is 5.03. The second-order valence-corrected chi connectivity index (χ2v) is 7.09. The number of aryl methyl sites for hydroxylation is 1. The smallest absolute Gasteiger partial charge is 0.373 e. The van der Waals surface area contributed by atoms with E-state index in [-0.39, 0.29) is 19.0 Å². The van der Waals surface area contributed by atoms with E-state index in [1.54, 1.807) is 6.20 Å². The van der Waals surface area contributed by atoms with Crippen molar-refractivity contribution in [2.45, 2.75) is 44.4 Å². The Morgan fingerprint density at radius 2 is 1.81 bits per heavy atom. The molecule has 2 heterocycles. The molecule has 1 aromatic carbocycles. The summed E-state index contributed by atoms with van der Waals surface area (Å²) in [6.07, 6.45) is -2.27. The topological polar surface area (TPSA) is 58.4 Å². The standard InChI is InChI=1S/C19H22F3N3O2/c1-13-5-3-4-6-15(13)25-16(7-10-23-25)14-8-11-24(12-9-14)17(26)18(2,27)19(20,21)22/h3-7,10,14,27H,8-9,11-12H2,1-2H3/t18-/m1/s1. The first-order valence-electron chi connectivity index (χ1n) is 8.81. The van der Waals surface area contributed by atoms with E-state index in [1.165, 1.54) is 0 Å². The maximum Gasteiger partial charge on any atom is 0.426 e. The molecule has 2 aromatic rings. The summed E-state index contributed by atoms with van der Waals surface area (Å²) < 4.78 is 40.6.